The minimum absolute atomic E-state index is 0.569. The third kappa shape index (κ3) is 3.16. The second-order valence-corrected chi connectivity index (χ2v) is 2.78. The van der Waals surface area contributed by atoms with Crippen LogP contribution < -0.4 is 5.32 Å². The number of nitrogens with zero attached hydrogens (tertiary/aromatic N) is 2. The van der Waals surface area contributed by atoms with Gasteiger partial charge in [-0.2, -0.15) is 5.26 Å². The molecule has 0 aliphatic rings. The number of aromatic nitrogens is 1. The molecule has 1 aromatic heterocycles. The van der Waals surface area contributed by atoms with Gasteiger partial charge < -0.3 is 5.32 Å². The van der Waals surface area contributed by atoms with Crippen molar-refractivity contribution in [3.63, 3.8) is 0 Å². The number of nitrogens with one attached hydrogen (secondary N) is 1. The molecule has 0 aliphatic heterocycles. The SMILES string of the molecule is C#CCCCNc1ccc(C#N)cn1. The molecule has 1 heterocycles. The van der Waals surface area contributed by atoms with Gasteiger partial charge in [0.2, 0.25) is 0 Å². The maximum atomic E-state index is 8.54. The Morgan fingerprint density at radius 2 is 2.36 bits per heavy atom. The van der Waals surface area contributed by atoms with Crippen molar-refractivity contribution >= 4 is 5.82 Å². The van der Waals surface area contributed by atoms with Gasteiger partial charge in [0, 0.05) is 19.2 Å². The Kier molecular flexibility index (Phi) is 4.04. The van der Waals surface area contributed by atoms with Gasteiger partial charge in [-0.1, -0.05) is 0 Å². The van der Waals surface area contributed by atoms with Gasteiger partial charge in [0.1, 0.15) is 11.9 Å². The Morgan fingerprint density at radius 1 is 1.50 bits per heavy atom. The zero-order valence-corrected chi connectivity index (χ0v) is 7.83. The van der Waals surface area contributed by atoms with Crippen LogP contribution >= 0.6 is 0 Å². The van der Waals surface area contributed by atoms with Gasteiger partial charge in [-0.3, -0.25) is 0 Å². The number of hydrogen-bond acceptors (Lipinski definition) is 3. The van der Waals surface area contributed by atoms with Crippen LogP contribution in [0, 0.1) is 23.7 Å². The van der Waals surface area contributed by atoms with Crippen molar-refractivity contribution in [3.05, 3.63) is 23.9 Å². The topological polar surface area (TPSA) is 48.7 Å². The lowest BCUT2D eigenvalue weighted by molar-refractivity contribution is 0.901. The van der Waals surface area contributed by atoms with Crippen LogP contribution in [0.3, 0.4) is 0 Å². The van der Waals surface area contributed by atoms with Crippen molar-refractivity contribution in [1.82, 2.24) is 4.98 Å². The summed E-state index contributed by atoms with van der Waals surface area (Å²) in [6, 6.07) is 5.53. The largest absolute Gasteiger partial charge is 0.370 e. The van der Waals surface area contributed by atoms with E-state index < -0.39 is 0 Å². The highest BCUT2D eigenvalue weighted by molar-refractivity contribution is 5.38. The van der Waals surface area contributed by atoms with Crippen LogP contribution in [-0.4, -0.2) is 11.5 Å². The van der Waals surface area contributed by atoms with Crippen molar-refractivity contribution in [2.45, 2.75) is 12.8 Å². The number of terminal acetylenes is 1. The molecule has 1 aromatic rings. The van der Waals surface area contributed by atoms with Gasteiger partial charge in [0.15, 0.2) is 0 Å². The van der Waals surface area contributed by atoms with Gasteiger partial charge in [0.25, 0.3) is 0 Å². The van der Waals surface area contributed by atoms with Crippen LogP contribution in [-0.2, 0) is 0 Å². The molecule has 0 saturated heterocycles. The van der Waals surface area contributed by atoms with E-state index in [0.29, 0.717) is 5.56 Å². The maximum Gasteiger partial charge on any atom is 0.125 e. The summed E-state index contributed by atoms with van der Waals surface area (Å²) >= 11 is 0. The molecule has 0 amide bonds. The molecule has 3 heteroatoms. The van der Waals surface area contributed by atoms with Gasteiger partial charge in [0.05, 0.1) is 5.56 Å². The van der Waals surface area contributed by atoms with E-state index in [1.807, 2.05) is 6.07 Å². The molecule has 0 unspecified atom stereocenters. The van der Waals surface area contributed by atoms with Crippen LogP contribution in [0.2, 0.25) is 0 Å². The summed E-state index contributed by atoms with van der Waals surface area (Å²) in [6.07, 6.45) is 8.36. The van der Waals surface area contributed by atoms with E-state index in [0.717, 1.165) is 25.2 Å². The fourth-order valence-corrected chi connectivity index (χ4v) is 0.971. The molecule has 14 heavy (non-hydrogen) atoms. The van der Waals surface area contributed by atoms with E-state index in [4.69, 9.17) is 11.7 Å². The van der Waals surface area contributed by atoms with E-state index in [-0.39, 0.29) is 0 Å². The monoisotopic (exact) mass is 185 g/mol. The Labute approximate surface area is 83.8 Å². The average Bonchev–Trinajstić information content (AvgIpc) is 2.25. The van der Waals surface area contributed by atoms with E-state index in [1.54, 1.807) is 18.3 Å². The Hall–Kier alpha value is -2.00. The number of hydrogen-bond donors (Lipinski definition) is 1. The minimum atomic E-state index is 0.569. The van der Waals surface area contributed by atoms with Gasteiger partial charge in [-0.15, -0.1) is 12.3 Å². The highest BCUT2D eigenvalue weighted by atomic mass is 15.0. The number of unbranched alkanes of at least 4 members (excludes halogenated alkanes) is 1. The predicted octanol–water partition coefficient (Wildman–Crippen LogP) is 1.78. The molecule has 0 aliphatic carbocycles. The molecule has 3 nitrogen and oxygen atoms in total. The second kappa shape index (κ2) is 5.61. The Balaban J connectivity index is 2.38. The highest BCUT2D eigenvalue weighted by Gasteiger charge is 1.93. The third-order valence-electron chi connectivity index (χ3n) is 1.70. The van der Waals surface area contributed by atoms with Crippen molar-refractivity contribution in [1.29, 1.82) is 5.26 Å². The lowest BCUT2D eigenvalue weighted by atomic mass is 10.3. The first-order valence-electron chi connectivity index (χ1n) is 4.40. The summed E-state index contributed by atoms with van der Waals surface area (Å²) in [4.78, 5) is 4.06. The first-order chi connectivity index (χ1) is 6.86. The summed E-state index contributed by atoms with van der Waals surface area (Å²) in [6.45, 7) is 0.809. The molecule has 1 rings (SSSR count). The van der Waals surface area contributed by atoms with Crippen molar-refractivity contribution in [2.24, 2.45) is 0 Å². The first-order valence-corrected chi connectivity index (χ1v) is 4.40. The lowest BCUT2D eigenvalue weighted by Gasteiger charge is -2.02. The normalized spacial score (nSPS) is 8.71. The second-order valence-electron chi connectivity index (χ2n) is 2.78. The molecule has 0 fully saturated rings. The average molecular weight is 185 g/mol. The molecule has 1 N–H and O–H groups in total. The van der Waals surface area contributed by atoms with E-state index >= 15 is 0 Å². The number of pyridine rings is 1. The van der Waals surface area contributed by atoms with Gasteiger partial charge >= 0.3 is 0 Å². The third-order valence-corrected chi connectivity index (χ3v) is 1.70. The smallest absolute Gasteiger partial charge is 0.125 e. The molecular weight excluding hydrogens is 174 g/mol. The fourth-order valence-electron chi connectivity index (χ4n) is 0.971. The zero-order valence-electron chi connectivity index (χ0n) is 7.83. The molecular formula is C11H11N3. The summed E-state index contributed by atoms with van der Waals surface area (Å²) in [7, 11) is 0. The molecule has 0 bridgehead atoms. The minimum Gasteiger partial charge on any atom is -0.370 e. The molecule has 0 atom stereocenters. The highest BCUT2D eigenvalue weighted by Crippen LogP contribution is 2.03. The standard InChI is InChI=1S/C11H11N3/c1-2-3-4-7-13-11-6-5-10(8-12)9-14-11/h1,5-6,9H,3-4,7H2,(H,13,14). The zero-order chi connectivity index (χ0) is 10.2. The Bertz CT molecular complexity index is 354. The van der Waals surface area contributed by atoms with Gasteiger partial charge in [-0.25, -0.2) is 4.98 Å². The quantitative estimate of drug-likeness (QED) is 0.574. The lowest BCUT2D eigenvalue weighted by Crippen LogP contribution is -2.02. The van der Waals surface area contributed by atoms with Crippen LogP contribution in [0.25, 0.3) is 0 Å². The first kappa shape index (κ1) is 10.1. The molecule has 0 saturated carbocycles. The predicted molar refractivity (Wildman–Crippen MR) is 55.5 cm³/mol. The molecule has 0 radical (unpaired) electrons. The van der Waals surface area contributed by atoms with Crippen LogP contribution in [0.15, 0.2) is 18.3 Å². The van der Waals surface area contributed by atoms with Gasteiger partial charge in [-0.05, 0) is 18.6 Å². The maximum absolute atomic E-state index is 8.54. The molecule has 0 spiro atoms. The van der Waals surface area contributed by atoms with Crippen molar-refractivity contribution in [3.8, 4) is 18.4 Å². The van der Waals surface area contributed by atoms with Crippen LogP contribution in [0.4, 0.5) is 5.82 Å². The Morgan fingerprint density at radius 3 is 2.93 bits per heavy atom. The summed E-state index contributed by atoms with van der Waals surface area (Å²) < 4.78 is 0. The van der Waals surface area contributed by atoms with E-state index in [9.17, 15) is 0 Å². The molecule has 0 aromatic carbocycles. The summed E-state index contributed by atoms with van der Waals surface area (Å²) in [5.74, 6) is 3.35. The number of rotatable bonds is 4. The van der Waals surface area contributed by atoms with Crippen molar-refractivity contribution in [2.75, 3.05) is 11.9 Å². The van der Waals surface area contributed by atoms with E-state index in [2.05, 4.69) is 16.2 Å². The fraction of sp³-hybridized carbons (Fsp3) is 0.273. The number of anilines is 1. The summed E-state index contributed by atoms with van der Waals surface area (Å²) in [5.41, 5.74) is 0.569. The van der Waals surface area contributed by atoms with E-state index in [1.165, 1.54) is 0 Å². The summed E-state index contributed by atoms with van der Waals surface area (Å²) in [5, 5.41) is 11.7. The van der Waals surface area contributed by atoms with Crippen LogP contribution in [0.1, 0.15) is 18.4 Å². The van der Waals surface area contributed by atoms with Crippen molar-refractivity contribution < 1.29 is 0 Å². The van der Waals surface area contributed by atoms with Crippen LogP contribution in [0.5, 0.6) is 0 Å². The molecule has 70 valence electrons. The number of nitriles is 1.